The predicted octanol–water partition coefficient (Wildman–Crippen LogP) is 0.607. The smallest absolute Gasteiger partial charge is 0.231 e. The fourth-order valence-electron chi connectivity index (χ4n) is 2.12. The Morgan fingerprint density at radius 2 is 2.10 bits per heavy atom. The lowest BCUT2D eigenvalue weighted by Crippen LogP contribution is -2.38. The molecule has 7 nitrogen and oxygen atoms in total. The van der Waals surface area contributed by atoms with Gasteiger partial charge in [-0.15, -0.1) is 0 Å². The summed E-state index contributed by atoms with van der Waals surface area (Å²) >= 11 is 0. The van der Waals surface area contributed by atoms with Crippen LogP contribution in [0.15, 0.2) is 12.4 Å². The summed E-state index contributed by atoms with van der Waals surface area (Å²) in [5, 5.41) is 0. The molecule has 1 aromatic heterocycles. The van der Waals surface area contributed by atoms with Crippen LogP contribution in [0.1, 0.15) is 25.5 Å². The van der Waals surface area contributed by atoms with Gasteiger partial charge in [0.15, 0.2) is 5.82 Å². The highest BCUT2D eigenvalue weighted by molar-refractivity contribution is 7.92. The van der Waals surface area contributed by atoms with E-state index in [1.165, 1.54) is 12.4 Å². The first kappa shape index (κ1) is 14.7. The minimum atomic E-state index is -3.42. The number of sulfonamides is 1. The van der Waals surface area contributed by atoms with E-state index < -0.39 is 10.0 Å². The normalized spacial score (nSPS) is 20.0. The van der Waals surface area contributed by atoms with Crippen molar-refractivity contribution in [1.29, 1.82) is 0 Å². The molecule has 1 unspecified atom stereocenters. The molecule has 20 heavy (non-hydrogen) atoms. The van der Waals surface area contributed by atoms with E-state index in [-0.39, 0.29) is 18.3 Å². The second-order valence-corrected chi connectivity index (χ2v) is 6.89. The Bertz CT molecular complexity index is 602. The highest BCUT2D eigenvalue weighted by Crippen LogP contribution is 2.20. The zero-order valence-corrected chi connectivity index (χ0v) is 12.4. The molecule has 0 radical (unpaired) electrons. The Balaban J connectivity index is 2.15. The molecule has 0 spiro atoms. The molecule has 2 heterocycles. The van der Waals surface area contributed by atoms with Gasteiger partial charge >= 0.3 is 0 Å². The molecule has 1 aromatic rings. The largest absolute Gasteiger partial charge is 0.337 e. The van der Waals surface area contributed by atoms with E-state index in [0.717, 1.165) is 12.7 Å². The van der Waals surface area contributed by atoms with Crippen LogP contribution in [0, 0.1) is 5.92 Å². The second-order valence-electron chi connectivity index (χ2n) is 5.14. The maximum Gasteiger partial charge on any atom is 0.231 e. The molecule has 2 rings (SSSR count). The van der Waals surface area contributed by atoms with E-state index in [1.807, 2.05) is 6.92 Å². The fraction of sp³-hybridized carbons (Fsp3) is 0.583. The van der Waals surface area contributed by atoms with Crippen LogP contribution in [-0.4, -0.2) is 42.0 Å². The number of nitrogens with zero attached hydrogens (tertiary/aromatic N) is 3. The summed E-state index contributed by atoms with van der Waals surface area (Å²) in [5.74, 6) is 0.648. The van der Waals surface area contributed by atoms with E-state index in [1.54, 1.807) is 4.90 Å². The van der Waals surface area contributed by atoms with Crippen molar-refractivity contribution in [2.24, 2.45) is 5.92 Å². The first-order chi connectivity index (χ1) is 9.35. The molecule has 1 aliphatic rings. The Morgan fingerprint density at radius 3 is 2.75 bits per heavy atom. The molecular weight excluding hydrogens is 280 g/mol. The lowest BCUT2D eigenvalue weighted by atomic mass is 9.98. The van der Waals surface area contributed by atoms with Crippen molar-refractivity contribution in [2.75, 3.05) is 17.5 Å². The van der Waals surface area contributed by atoms with Gasteiger partial charge in [0.2, 0.25) is 15.9 Å². The topological polar surface area (TPSA) is 92.3 Å². The highest BCUT2D eigenvalue weighted by Gasteiger charge is 2.24. The summed E-state index contributed by atoms with van der Waals surface area (Å²) < 4.78 is 24.9. The maximum absolute atomic E-state index is 11.9. The Labute approximate surface area is 118 Å². The number of hydrogen-bond acceptors (Lipinski definition) is 5. The summed E-state index contributed by atoms with van der Waals surface area (Å²) in [7, 11) is -3.42. The average Bonchev–Trinajstić information content (AvgIpc) is 2.33. The van der Waals surface area contributed by atoms with Crippen molar-refractivity contribution >= 4 is 21.7 Å². The van der Waals surface area contributed by atoms with Crippen LogP contribution in [0.5, 0.6) is 0 Å². The number of nitrogens with one attached hydrogen (secondary N) is 1. The molecule has 0 bridgehead atoms. The zero-order chi connectivity index (χ0) is 14.8. The van der Waals surface area contributed by atoms with Crippen LogP contribution >= 0.6 is 0 Å². The van der Waals surface area contributed by atoms with Crippen molar-refractivity contribution in [3.8, 4) is 0 Å². The summed E-state index contributed by atoms with van der Waals surface area (Å²) in [6.45, 7) is 2.99. The van der Waals surface area contributed by atoms with Crippen LogP contribution in [0.4, 0.5) is 5.82 Å². The van der Waals surface area contributed by atoms with E-state index in [2.05, 4.69) is 14.7 Å². The SMILES string of the molecule is CC1CCN(Cc2nccnc2NS(C)(=O)=O)C(=O)C1. The van der Waals surface area contributed by atoms with Crippen LogP contribution in [0.25, 0.3) is 0 Å². The van der Waals surface area contributed by atoms with E-state index in [9.17, 15) is 13.2 Å². The van der Waals surface area contributed by atoms with Gasteiger partial charge in [0.25, 0.3) is 0 Å². The fourth-order valence-corrected chi connectivity index (χ4v) is 2.64. The molecule has 1 amide bonds. The van der Waals surface area contributed by atoms with Gasteiger partial charge in [0.1, 0.15) is 5.69 Å². The molecule has 0 aliphatic carbocycles. The van der Waals surface area contributed by atoms with Gasteiger partial charge in [-0.1, -0.05) is 6.92 Å². The molecule has 1 aliphatic heterocycles. The number of piperidine rings is 1. The number of carbonyl (C=O) groups is 1. The highest BCUT2D eigenvalue weighted by atomic mass is 32.2. The van der Waals surface area contributed by atoms with Crippen LogP contribution in [-0.2, 0) is 21.4 Å². The maximum atomic E-state index is 11.9. The zero-order valence-electron chi connectivity index (χ0n) is 11.5. The van der Waals surface area contributed by atoms with Crippen molar-refractivity contribution in [2.45, 2.75) is 26.3 Å². The molecule has 110 valence electrons. The molecule has 1 saturated heterocycles. The van der Waals surface area contributed by atoms with Crippen LogP contribution in [0.3, 0.4) is 0 Å². The molecule has 1 fully saturated rings. The summed E-state index contributed by atoms with van der Waals surface area (Å²) in [6, 6.07) is 0. The number of rotatable bonds is 4. The molecule has 1 atom stereocenters. The third-order valence-electron chi connectivity index (χ3n) is 3.16. The Kier molecular flexibility index (Phi) is 4.22. The minimum Gasteiger partial charge on any atom is -0.337 e. The monoisotopic (exact) mass is 298 g/mol. The number of amides is 1. The van der Waals surface area contributed by atoms with Crippen molar-refractivity contribution in [3.05, 3.63) is 18.1 Å². The molecule has 1 N–H and O–H groups in total. The van der Waals surface area contributed by atoms with Gasteiger partial charge in [-0.25, -0.2) is 13.4 Å². The summed E-state index contributed by atoms with van der Waals surface area (Å²) in [5.41, 5.74) is 0.459. The third-order valence-corrected chi connectivity index (χ3v) is 3.73. The van der Waals surface area contributed by atoms with Crippen molar-refractivity contribution in [1.82, 2.24) is 14.9 Å². The number of likely N-dealkylation sites (tertiary alicyclic amines) is 1. The van der Waals surface area contributed by atoms with Crippen molar-refractivity contribution in [3.63, 3.8) is 0 Å². The standard InChI is InChI=1S/C12H18N4O3S/c1-9-3-6-16(11(17)7-9)8-10-12(14-5-4-13-10)15-20(2,18)19/h4-5,9H,3,6-8H2,1-2H3,(H,14,15). The predicted molar refractivity (Wildman–Crippen MR) is 74.3 cm³/mol. The van der Waals surface area contributed by atoms with Gasteiger partial charge in [0, 0.05) is 25.4 Å². The molecular formula is C12H18N4O3S. The van der Waals surface area contributed by atoms with E-state index in [0.29, 0.717) is 24.6 Å². The van der Waals surface area contributed by atoms with Gasteiger partial charge in [-0.3, -0.25) is 14.5 Å². The molecule has 8 heteroatoms. The Hall–Kier alpha value is -1.70. The van der Waals surface area contributed by atoms with Crippen LogP contribution < -0.4 is 4.72 Å². The summed E-state index contributed by atoms with van der Waals surface area (Å²) in [4.78, 5) is 21.7. The van der Waals surface area contributed by atoms with Gasteiger partial charge in [0.05, 0.1) is 12.8 Å². The quantitative estimate of drug-likeness (QED) is 0.879. The van der Waals surface area contributed by atoms with Crippen LogP contribution in [0.2, 0.25) is 0 Å². The number of aromatic nitrogens is 2. The van der Waals surface area contributed by atoms with Crippen molar-refractivity contribution < 1.29 is 13.2 Å². The minimum absolute atomic E-state index is 0.0692. The van der Waals surface area contributed by atoms with Gasteiger partial charge in [-0.2, -0.15) is 0 Å². The second kappa shape index (κ2) is 5.74. The molecule has 0 aromatic carbocycles. The number of carbonyl (C=O) groups excluding carboxylic acids is 1. The first-order valence-corrected chi connectivity index (χ1v) is 8.30. The lowest BCUT2D eigenvalue weighted by Gasteiger charge is -2.30. The van der Waals surface area contributed by atoms with Gasteiger partial charge < -0.3 is 4.90 Å². The summed E-state index contributed by atoms with van der Waals surface area (Å²) in [6.07, 6.45) is 5.42. The number of anilines is 1. The van der Waals surface area contributed by atoms with E-state index >= 15 is 0 Å². The first-order valence-electron chi connectivity index (χ1n) is 6.40. The number of hydrogen-bond donors (Lipinski definition) is 1. The Morgan fingerprint density at radius 1 is 1.40 bits per heavy atom. The molecule has 0 saturated carbocycles. The van der Waals surface area contributed by atoms with E-state index in [4.69, 9.17) is 0 Å². The van der Waals surface area contributed by atoms with Gasteiger partial charge in [-0.05, 0) is 12.3 Å². The third kappa shape index (κ3) is 3.89. The average molecular weight is 298 g/mol. The lowest BCUT2D eigenvalue weighted by molar-refractivity contribution is -0.135.